The molecule has 2 unspecified atom stereocenters. The Balaban J connectivity index is 2.10. The van der Waals surface area contributed by atoms with Gasteiger partial charge in [-0.3, -0.25) is 0 Å². The van der Waals surface area contributed by atoms with Gasteiger partial charge in [0.05, 0.1) is 0 Å². The summed E-state index contributed by atoms with van der Waals surface area (Å²) >= 11 is 0. The first-order valence-corrected chi connectivity index (χ1v) is 7.09. The Labute approximate surface area is 111 Å². The van der Waals surface area contributed by atoms with Gasteiger partial charge in [0.15, 0.2) is 0 Å². The first kappa shape index (κ1) is 13.4. The van der Waals surface area contributed by atoms with Crippen molar-refractivity contribution in [3.8, 4) is 5.75 Å². The van der Waals surface area contributed by atoms with Crippen LogP contribution in [0.25, 0.3) is 0 Å². The maximum atomic E-state index is 6.17. The summed E-state index contributed by atoms with van der Waals surface area (Å²) in [6.45, 7) is 6.54. The summed E-state index contributed by atoms with van der Waals surface area (Å²) < 4.78 is 6.17. The van der Waals surface area contributed by atoms with Crippen LogP contribution in [-0.4, -0.2) is 12.1 Å². The molecule has 0 radical (unpaired) electrons. The second-order valence-electron chi connectivity index (χ2n) is 5.85. The highest BCUT2D eigenvalue weighted by atomic mass is 16.5. The van der Waals surface area contributed by atoms with E-state index in [1.807, 2.05) is 0 Å². The van der Waals surface area contributed by atoms with Gasteiger partial charge in [0.25, 0.3) is 0 Å². The Morgan fingerprint density at radius 1 is 1.28 bits per heavy atom. The molecule has 0 heterocycles. The summed E-state index contributed by atoms with van der Waals surface area (Å²) in [5.74, 6) is 1.59. The average molecular weight is 247 g/mol. The van der Waals surface area contributed by atoms with Crippen LogP contribution in [0.5, 0.6) is 5.75 Å². The number of benzene rings is 1. The van der Waals surface area contributed by atoms with Crippen molar-refractivity contribution in [3.05, 3.63) is 29.3 Å². The Morgan fingerprint density at radius 2 is 2.06 bits per heavy atom. The molecular formula is C16H25NO. The van der Waals surface area contributed by atoms with Crippen molar-refractivity contribution in [2.24, 2.45) is 5.73 Å². The summed E-state index contributed by atoms with van der Waals surface area (Å²) in [5, 5.41) is 0. The average Bonchev–Trinajstić information content (AvgIpc) is 2.31. The van der Waals surface area contributed by atoms with Crippen molar-refractivity contribution in [3.63, 3.8) is 0 Å². The maximum Gasteiger partial charge on any atom is 0.122 e. The second-order valence-corrected chi connectivity index (χ2v) is 5.85. The predicted molar refractivity (Wildman–Crippen MR) is 76.1 cm³/mol. The van der Waals surface area contributed by atoms with Crippen LogP contribution in [0.15, 0.2) is 18.2 Å². The van der Waals surface area contributed by atoms with Crippen LogP contribution >= 0.6 is 0 Å². The van der Waals surface area contributed by atoms with Crippen LogP contribution in [0.1, 0.15) is 56.6 Å². The summed E-state index contributed by atoms with van der Waals surface area (Å²) in [4.78, 5) is 0. The van der Waals surface area contributed by atoms with E-state index < -0.39 is 0 Å². The van der Waals surface area contributed by atoms with Crippen molar-refractivity contribution in [2.45, 2.75) is 64.5 Å². The first-order chi connectivity index (χ1) is 8.56. The Hall–Kier alpha value is -1.02. The molecule has 18 heavy (non-hydrogen) atoms. The molecule has 0 spiro atoms. The largest absolute Gasteiger partial charge is 0.490 e. The third-order valence-corrected chi connectivity index (χ3v) is 3.84. The van der Waals surface area contributed by atoms with Crippen molar-refractivity contribution < 1.29 is 4.74 Å². The monoisotopic (exact) mass is 247 g/mol. The zero-order valence-electron chi connectivity index (χ0n) is 11.8. The van der Waals surface area contributed by atoms with Crippen molar-refractivity contribution in [1.29, 1.82) is 0 Å². The minimum atomic E-state index is 0.301. The maximum absolute atomic E-state index is 6.17. The van der Waals surface area contributed by atoms with Gasteiger partial charge in [-0.05, 0) is 55.7 Å². The molecule has 1 fully saturated rings. The molecule has 0 bridgehead atoms. The van der Waals surface area contributed by atoms with E-state index in [0.29, 0.717) is 18.1 Å². The summed E-state index contributed by atoms with van der Waals surface area (Å²) in [6, 6.07) is 6.87. The van der Waals surface area contributed by atoms with E-state index in [1.54, 1.807) is 0 Å². The molecule has 2 nitrogen and oxygen atoms in total. The Morgan fingerprint density at radius 3 is 2.72 bits per heavy atom. The van der Waals surface area contributed by atoms with Crippen LogP contribution in [0.3, 0.4) is 0 Å². The molecule has 1 aliphatic rings. The fourth-order valence-electron chi connectivity index (χ4n) is 2.57. The molecule has 1 aromatic rings. The normalized spacial score (nSPS) is 24.3. The van der Waals surface area contributed by atoms with Crippen LogP contribution in [0, 0.1) is 6.92 Å². The Kier molecular flexibility index (Phi) is 4.28. The van der Waals surface area contributed by atoms with Crippen molar-refractivity contribution in [2.75, 3.05) is 0 Å². The van der Waals surface area contributed by atoms with Gasteiger partial charge in [-0.1, -0.05) is 26.0 Å². The van der Waals surface area contributed by atoms with E-state index in [1.165, 1.54) is 17.5 Å². The van der Waals surface area contributed by atoms with E-state index in [4.69, 9.17) is 10.5 Å². The SMILES string of the molecule is Cc1ccc(C(C)C)cc1OC1CCCC(N)C1. The second kappa shape index (κ2) is 5.75. The molecule has 1 saturated carbocycles. The van der Waals surface area contributed by atoms with Crippen LogP contribution in [0.4, 0.5) is 0 Å². The number of nitrogens with two attached hydrogens (primary N) is 1. The molecule has 1 aliphatic carbocycles. The molecule has 100 valence electrons. The van der Waals surface area contributed by atoms with Gasteiger partial charge < -0.3 is 10.5 Å². The molecule has 0 aliphatic heterocycles. The minimum Gasteiger partial charge on any atom is -0.490 e. The molecule has 1 aromatic carbocycles. The minimum absolute atomic E-state index is 0.301. The van der Waals surface area contributed by atoms with E-state index in [9.17, 15) is 0 Å². The van der Waals surface area contributed by atoms with E-state index in [2.05, 4.69) is 39.0 Å². The fraction of sp³-hybridized carbons (Fsp3) is 0.625. The van der Waals surface area contributed by atoms with Crippen LogP contribution in [-0.2, 0) is 0 Å². The van der Waals surface area contributed by atoms with Gasteiger partial charge in [-0.2, -0.15) is 0 Å². The van der Waals surface area contributed by atoms with Crippen molar-refractivity contribution in [1.82, 2.24) is 0 Å². The third-order valence-electron chi connectivity index (χ3n) is 3.84. The van der Waals surface area contributed by atoms with Crippen LogP contribution in [0.2, 0.25) is 0 Å². The Bertz CT molecular complexity index is 400. The van der Waals surface area contributed by atoms with Gasteiger partial charge in [0.1, 0.15) is 11.9 Å². The summed E-state index contributed by atoms with van der Waals surface area (Å²) in [6.07, 6.45) is 4.76. The first-order valence-electron chi connectivity index (χ1n) is 7.09. The molecule has 2 atom stereocenters. The lowest BCUT2D eigenvalue weighted by Crippen LogP contribution is -2.33. The molecule has 2 heteroatoms. The van der Waals surface area contributed by atoms with Gasteiger partial charge in [-0.25, -0.2) is 0 Å². The lowest BCUT2D eigenvalue weighted by Gasteiger charge is -2.28. The zero-order valence-corrected chi connectivity index (χ0v) is 11.8. The number of rotatable bonds is 3. The smallest absolute Gasteiger partial charge is 0.122 e. The molecular weight excluding hydrogens is 222 g/mol. The third kappa shape index (κ3) is 3.26. The molecule has 2 N–H and O–H groups in total. The van der Waals surface area contributed by atoms with E-state index in [-0.39, 0.29) is 0 Å². The topological polar surface area (TPSA) is 35.2 Å². The molecule has 0 amide bonds. The van der Waals surface area contributed by atoms with Gasteiger partial charge in [0.2, 0.25) is 0 Å². The van der Waals surface area contributed by atoms with Gasteiger partial charge >= 0.3 is 0 Å². The predicted octanol–water partition coefficient (Wildman–Crippen LogP) is 3.77. The van der Waals surface area contributed by atoms with Gasteiger partial charge in [-0.15, -0.1) is 0 Å². The number of hydrogen-bond donors (Lipinski definition) is 1. The van der Waals surface area contributed by atoms with E-state index in [0.717, 1.165) is 25.0 Å². The number of aryl methyl sites for hydroxylation is 1. The van der Waals surface area contributed by atoms with Crippen molar-refractivity contribution >= 4 is 0 Å². The van der Waals surface area contributed by atoms with Gasteiger partial charge in [0, 0.05) is 6.04 Å². The highest BCUT2D eigenvalue weighted by Gasteiger charge is 2.21. The summed E-state index contributed by atoms with van der Waals surface area (Å²) in [5.41, 5.74) is 8.58. The summed E-state index contributed by atoms with van der Waals surface area (Å²) in [7, 11) is 0. The highest BCUT2D eigenvalue weighted by Crippen LogP contribution is 2.28. The van der Waals surface area contributed by atoms with E-state index >= 15 is 0 Å². The lowest BCUT2D eigenvalue weighted by atomic mass is 9.93. The molecule has 0 aromatic heterocycles. The lowest BCUT2D eigenvalue weighted by molar-refractivity contribution is 0.143. The fourth-order valence-corrected chi connectivity index (χ4v) is 2.57. The highest BCUT2D eigenvalue weighted by molar-refractivity contribution is 5.38. The quantitative estimate of drug-likeness (QED) is 0.882. The zero-order chi connectivity index (χ0) is 13.1. The number of ether oxygens (including phenoxy) is 1. The standard InChI is InChI=1S/C16H25NO/c1-11(2)13-8-7-12(3)16(9-13)18-15-6-4-5-14(17)10-15/h7-9,11,14-15H,4-6,10,17H2,1-3H3. The van der Waals surface area contributed by atoms with Crippen LogP contribution < -0.4 is 10.5 Å². The number of hydrogen-bond acceptors (Lipinski definition) is 2. The molecule has 2 rings (SSSR count). The molecule has 0 saturated heterocycles.